The van der Waals surface area contributed by atoms with E-state index >= 15 is 0 Å². The highest BCUT2D eigenvalue weighted by Gasteiger charge is 2.28. The maximum Gasteiger partial charge on any atom is 0.258 e. The Morgan fingerprint density at radius 3 is 2.65 bits per heavy atom. The van der Waals surface area contributed by atoms with Crippen LogP contribution in [0.5, 0.6) is 0 Å². The van der Waals surface area contributed by atoms with Crippen molar-refractivity contribution in [3.05, 3.63) is 42.0 Å². The minimum Gasteiger partial charge on any atom is -0.393 e. The molecule has 1 heterocycles. The summed E-state index contributed by atoms with van der Waals surface area (Å²) in [4.78, 5) is 14.9. The lowest BCUT2D eigenvalue weighted by Crippen LogP contribution is -2.27. The molecule has 0 atom stereocenters. The first-order valence-corrected chi connectivity index (χ1v) is 7.21. The summed E-state index contributed by atoms with van der Waals surface area (Å²) in [7, 11) is 0. The predicted molar refractivity (Wildman–Crippen MR) is 86.3 cm³/mol. The van der Waals surface area contributed by atoms with E-state index in [0.29, 0.717) is 4.99 Å². The van der Waals surface area contributed by atoms with Gasteiger partial charge in [-0.1, -0.05) is 36.5 Å². The Hall–Kier alpha value is -1.94. The molecule has 0 bridgehead atoms. The van der Waals surface area contributed by atoms with Gasteiger partial charge in [0.2, 0.25) is 0 Å². The molecule has 0 fully saturated rings. The lowest BCUT2D eigenvalue weighted by molar-refractivity contribution is 0.0993. The quantitative estimate of drug-likeness (QED) is 0.677. The zero-order chi connectivity index (χ0) is 14.1. The van der Waals surface area contributed by atoms with E-state index in [-0.39, 0.29) is 5.91 Å². The van der Waals surface area contributed by atoms with Gasteiger partial charge in [-0.2, -0.15) is 0 Å². The Morgan fingerprint density at radius 2 is 1.90 bits per heavy atom. The zero-order valence-corrected chi connectivity index (χ0v) is 12.0. The van der Waals surface area contributed by atoms with Gasteiger partial charge in [0.1, 0.15) is 0 Å². The third-order valence-corrected chi connectivity index (χ3v) is 3.91. The molecule has 2 aromatic carbocycles. The molecule has 20 heavy (non-hydrogen) atoms. The number of amides is 1. The van der Waals surface area contributed by atoms with Crippen molar-refractivity contribution in [1.82, 2.24) is 0 Å². The van der Waals surface area contributed by atoms with Crippen LogP contribution in [0.2, 0.25) is 0 Å². The van der Waals surface area contributed by atoms with Crippen molar-refractivity contribution >= 4 is 39.6 Å². The average molecular weight is 284 g/mol. The molecule has 2 aromatic rings. The van der Waals surface area contributed by atoms with E-state index in [4.69, 9.17) is 18.0 Å². The number of carbonyl (C=O) groups is 1. The molecular formula is C16H16N2OS. The van der Waals surface area contributed by atoms with Gasteiger partial charge in [-0.25, -0.2) is 0 Å². The molecule has 0 spiro atoms. The number of anilines is 1. The maximum atomic E-state index is 12.5. The van der Waals surface area contributed by atoms with Crippen molar-refractivity contribution in [2.45, 2.75) is 19.3 Å². The second kappa shape index (κ2) is 5.21. The standard InChI is InChI=1S/C16H16N2OS/c17-14(20)9-1-2-10-18-13-8-4-6-11-5-3-7-12(15(11)13)16(18)19/h3-8H,1-2,9-10H2,(H2,17,20). The summed E-state index contributed by atoms with van der Waals surface area (Å²) in [5, 5.41) is 2.20. The van der Waals surface area contributed by atoms with Gasteiger partial charge in [0.15, 0.2) is 0 Å². The molecule has 1 amide bonds. The van der Waals surface area contributed by atoms with Crippen LogP contribution in [-0.4, -0.2) is 17.4 Å². The molecule has 102 valence electrons. The lowest BCUT2D eigenvalue weighted by atomic mass is 10.1. The van der Waals surface area contributed by atoms with Crippen LogP contribution in [0.15, 0.2) is 36.4 Å². The molecule has 0 aromatic heterocycles. The fourth-order valence-corrected chi connectivity index (χ4v) is 2.91. The van der Waals surface area contributed by atoms with E-state index in [2.05, 4.69) is 0 Å². The fourth-order valence-electron chi connectivity index (χ4n) is 2.77. The first-order valence-electron chi connectivity index (χ1n) is 6.80. The molecular weight excluding hydrogens is 268 g/mol. The summed E-state index contributed by atoms with van der Waals surface area (Å²) in [6.07, 6.45) is 2.58. The van der Waals surface area contributed by atoms with E-state index in [0.717, 1.165) is 47.8 Å². The van der Waals surface area contributed by atoms with Crippen LogP contribution in [0.4, 0.5) is 5.69 Å². The van der Waals surface area contributed by atoms with Crippen molar-refractivity contribution in [2.75, 3.05) is 11.4 Å². The molecule has 0 saturated heterocycles. The van der Waals surface area contributed by atoms with Crippen molar-refractivity contribution in [2.24, 2.45) is 5.73 Å². The topological polar surface area (TPSA) is 46.3 Å². The molecule has 1 aliphatic heterocycles. The number of benzene rings is 2. The lowest BCUT2D eigenvalue weighted by Gasteiger charge is -2.17. The zero-order valence-electron chi connectivity index (χ0n) is 11.1. The van der Waals surface area contributed by atoms with Crippen molar-refractivity contribution in [1.29, 1.82) is 0 Å². The van der Waals surface area contributed by atoms with Crippen molar-refractivity contribution < 1.29 is 4.79 Å². The van der Waals surface area contributed by atoms with Crippen LogP contribution in [0, 0.1) is 0 Å². The monoisotopic (exact) mass is 284 g/mol. The Morgan fingerprint density at radius 1 is 1.15 bits per heavy atom. The molecule has 3 rings (SSSR count). The van der Waals surface area contributed by atoms with Crippen LogP contribution >= 0.6 is 12.2 Å². The SMILES string of the molecule is NC(=S)CCCCN1C(=O)c2cccc3cccc1c23. The first-order chi connectivity index (χ1) is 9.68. The van der Waals surface area contributed by atoms with Gasteiger partial charge in [0, 0.05) is 17.5 Å². The molecule has 3 nitrogen and oxygen atoms in total. The Bertz CT molecular complexity index is 691. The molecule has 1 aliphatic rings. The summed E-state index contributed by atoms with van der Waals surface area (Å²) in [5.74, 6) is 0.104. The summed E-state index contributed by atoms with van der Waals surface area (Å²) >= 11 is 4.87. The normalized spacial score (nSPS) is 13.2. The second-order valence-corrected chi connectivity index (χ2v) is 5.59. The van der Waals surface area contributed by atoms with E-state index in [1.165, 1.54) is 0 Å². The number of nitrogens with two attached hydrogens (primary N) is 1. The average Bonchev–Trinajstić information content (AvgIpc) is 2.71. The maximum absolute atomic E-state index is 12.5. The highest BCUT2D eigenvalue weighted by Crippen LogP contribution is 2.37. The van der Waals surface area contributed by atoms with Gasteiger partial charge in [-0.15, -0.1) is 0 Å². The molecule has 0 unspecified atom stereocenters. The second-order valence-electron chi connectivity index (χ2n) is 5.06. The minimum absolute atomic E-state index is 0.104. The van der Waals surface area contributed by atoms with E-state index < -0.39 is 0 Å². The summed E-state index contributed by atoms with van der Waals surface area (Å²) < 4.78 is 0. The molecule has 0 radical (unpaired) electrons. The minimum atomic E-state index is 0.104. The Balaban J connectivity index is 1.84. The molecule has 0 saturated carbocycles. The Labute approximate surface area is 123 Å². The van der Waals surface area contributed by atoms with Crippen LogP contribution in [-0.2, 0) is 0 Å². The van der Waals surface area contributed by atoms with E-state index in [1.54, 1.807) is 0 Å². The number of unbranched alkanes of at least 4 members (excludes halogenated alkanes) is 1. The third-order valence-electron chi connectivity index (χ3n) is 3.70. The van der Waals surface area contributed by atoms with Crippen LogP contribution in [0.25, 0.3) is 10.8 Å². The van der Waals surface area contributed by atoms with Gasteiger partial charge in [0.05, 0.1) is 10.7 Å². The Kier molecular flexibility index (Phi) is 3.40. The van der Waals surface area contributed by atoms with Crippen LogP contribution in [0.1, 0.15) is 29.6 Å². The fraction of sp³-hybridized carbons (Fsp3) is 0.250. The van der Waals surface area contributed by atoms with Gasteiger partial charge in [0.25, 0.3) is 5.91 Å². The summed E-state index contributed by atoms with van der Waals surface area (Å²) in [6, 6.07) is 12.0. The molecule has 2 N–H and O–H groups in total. The van der Waals surface area contributed by atoms with Crippen molar-refractivity contribution in [3.8, 4) is 0 Å². The summed E-state index contributed by atoms with van der Waals surface area (Å²) in [5.41, 5.74) is 7.33. The van der Waals surface area contributed by atoms with Crippen LogP contribution in [0.3, 0.4) is 0 Å². The third kappa shape index (κ3) is 2.16. The number of hydrogen-bond acceptors (Lipinski definition) is 2. The largest absolute Gasteiger partial charge is 0.393 e. The predicted octanol–water partition coefficient (Wildman–Crippen LogP) is 3.26. The van der Waals surface area contributed by atoms with Crippen molar-refractivity contribution in [3.63, 3.8) is 0 Å². The number of carbonyl (C=O) groups excluding carboxylic acids is 1. The van der Waals surface area contributed by atoms with E-state index in [1.807, 2.05) is 41.3 Å². The van der Waals surface area contributed by atoms with Gasteiger partial charge < -0.3 is 10.6 Å². The van der Waals surface area contributed by atoms with Gasteiger partial charge >= 0.3 is 0 Å². The highest BCUT2D eigenvalue weighted by molar-refractivity contribution is 7.80. The number of nitrogens with zero attached hydrogens (tertiary/aromatic N) is 1. The smallest absolute Gasteiger partial charge is 0.258 e. The highest BCUT2D eigenvalue weighted by atomic mass is 32.1. The first kappa shape index (κ1) is 13.1. The van der Waals surface area contributed by atoms with Crippen LogP contribution < -0.4 is 10.6 Å². The number of rotatable bonds is 5. The molecule has 0 aliphatic carbocycles. The molecule has 4 heteroatoms. The van der Waals surface area contributed by atoms with Gasteiger partial charge in [-0.05, 0) is 36.8 Å². The van der Waals surface area contributed by atoms with Gasteiger partial charge in [-0.3, -0.25) is 4.79 Å². The van der Waals surface area contributed by atoms with E-state index in [9.17, 15) is 4.79 Å². The number of hydrogen-bond donors (Lipinski definition) is 1. The summed E-state index contributed by atoms with van der Waals surface area (Å²) in [6.45, 7) is 0.718. The number of thiocarbonyl (C=S) groups is 1.